The lowest BCUT2D eigenvalue weighted by atomic mass is 10.1. The van der Waals surface area contributed by atoms with Crippen molar-refractivity contribution in [1.82, 2.24) is 0 Å². The number of nitrogens with zero attached hydrogens (tertiary/aromatic N) is 1. The first-order valence-electron chi connectivity index (χ1n) is 6.72. The second kappa shape index (κ2) is 6.01. The van der Waals surface area contributed by atoms with Crippen LogP contribution >= 0.6 is 0 Å². The summed E-state index contributed by atoms with van der Waals surface area (Å²) in [6, 6.07) is 8.10. The van der Waals surface area contributed by atoms with Crippen molar-refractivity contribution < 1.29 is 9.53 Å². The number of carbonyl (C=O) groups is 1. The number of carbonyl (C=O) groups excluding carboxylic acids is 1. The summed E-state index contributed by atoms with van der Waals surface area (Å²) in [5.74, 6) is 0.111. The molecule has 0 aliphatic carbocycles. The largest absolute Gasteiger partial charge is 0.368 e. The van der Waals surface area contributed by atoms with E-state index in [2.05, 4.69) is 13.0 Å². The molecule has 1 fully saturated rings. The van der Waals surface area contributed by atoms with E-state index in [1.165, 1.54) is 5.56 Å². The van der Waals surface area contributed by atoms with Gasteiger partial charge in [-0.15, -0.1) is 0 Å². The summed E-state index contributed by atoms with van der Waals surface area (Å²) in [4.78, 5) is 14.3. The van der Waals surface area contributed by atoms with Crippen LogP contribution in [0.25, 0.3) is 0 Å². The third-order valence-electron chi connectivity index (χ3n) is 3.23. The van der Waals surface area contributed by atoms with Crippen LogP contribution in [0.2, 0.25) is 0 Å². The van der Waals surface area contributed by atoms with E-state index in [0.29, 0.717) is 6.61 Å². The summed E-state index contributed by atoms with van der Waals surface area (Å²) < 4.78 is 5.50. The van der Waals surface area contributed by atoms with Gasteiger partial charge in [-0.3, -0.25) is 4.79 Å². The molecule has 3 nitrogen and oxygen atoms in total. The van der Waals surface area contributed by atoms with E-state index in [9.17, 15) is 4.79 Å². The predicted molar refractivity (Wildman–Crippen MR) is 72.8 cm³/mol. The monoisotopic (exact) mass is 247 g/mol. The molecule has 1 aliphatic heterocycles. The Kier molecular flexibility index (Phi) is 4.37. The Balaban J connectivity index is 2.19. The molecule has 0 N–H and O–H groups in total. The number of rotatable bonds is 4. The third-order valence-corrected chi connectivity index (χ3v) is 3.23. The van der Waals surface area contributed by atoms with Crippen LogP contribution in [0.1, 0.15) is 31.7 Å². The number of amides is 1. The first kappa shape index (κ1) is 13.1. The highest BCUT2D eigenvalue weighted by atomic mass is 16.5. The van der Waals surface area contributed by atoms with E-state index in [-0.39, 0.29) is 12.0 Å². The van der Waals surface area contributed by atoms with Gasteiger partial charge in [0, 0.05) is 18.8 Å². The molecule has 18 heavy (non-hydrogen) atoms. The molecule has 1 heterocycles. The molecule has 2 rings (SSSR count). The van der Waals surface area contributed by atoms with Crippen molar-refractivity contribution >= 4 is 11.6 Å². The quantitative estimate of drug-likeness (QED) is 0.818. The van der Waals surface area contributed by atoms with Crippen molar-refractivity contribution in [3.8, 4) is 0 Å². The Morgan fingerprint density at radius 1 is 1.50 bits per heavy atom. The van der Waals surface area contributed by atoms with Gasteiger partial charge in [0.1, 0.15) is 6.10 Å². The Hall–Kier alpha value is -1.35. The van der Waals surface area contributed by atoms with Crippen LogP contribution < -0.4 is 4.90 Å². The maximum absolute atomic E-state index is 12.4. The molecule has 1 atom stereocenters. The van der Waals surface area contributed by atoms with Gasteiger partial charge in [0.15, 0.2) is 0 Å². The fourth-order valence-electron chi connectivity index (χ4n) is 2.33. The van der Waals surface area contributed by atoms with Crippen molar-refractivity contribution in [1.29, 1.82) is 0 Å². The molecule has 0 aromatic heterocycles. The lowest BCUT2D eigenvalue weighted by Gasteiger charge is -2.25. The van der Waals surface area contributed by atoms with E-state index in [1.54, 1.807) is 0 Å². The molecule has 1 amide bonds. The predicted octanol–water partition coefficient (Wildman–Crippen LogP) is 2.92. The number of hydrogen-bond donors (Lipinski definition) is 0. The standard InChI is InChI=1S/C15H21NO2/c1-3-9-16(13-7-4-6-12(2)11-13)15(17)14-8-5-10-18-14/h4,6-7,11,14H,3,5,8-10H2,1-2H3/t14-/m1/s1. The molecule has 0 spiro atoms. The summed E-state index contributed by atoms with van der Waals surface area (Å²) in [5, 5.41) is 0. The number of benzene rings is 1. The smallest absolute Gasteiger partial charge is 0.256 e. The summed E-state index contributed by atoms with van der Waals surface area (Å²) >= 11 is 0. The van der Waals surface area contributed by atoms with Crippen molar-refractivity contribution in [2.75, 3.05) is 18.1 Å². The van der Waals surface area contributed by atoms with Crippen LogP contribution in [0.5, 0.6) is 0 Å². The van der Waals surface area contributed by atoms with Gasteiger partial charge in [0.25, 0.3) is 5.91 Å². The Bertz CT molecular complexity index is 411. The van der Waals surface area contributed by atoms with E-state index >= 15 is 0 Å². The Morgan fingerprint density at radius 3 is 2.94 bits per heavy atom. The number of ether oxygens (including phenoxy) is 1. The van der Waals surface area contributed by atoms with E-state index in [0.717, 1.165) is 31.5 Å². The molecule has 1 aromatic rings. The fourth-order valence-corrected chi connectivity index (χ4v) is 2.33. The molecule has 1 saturated heterocycles. The SMILES string of the molecule is CCCN(C(=O)[C@H]1CCCO1)c1cccc(C)c1. The molecule has 1 aliphatic rings. The van der Waals surface area contributed by atoms with Crippen LogP contribution in [0.15, 0.2) is 24.3 Å². The van der Waals surface area contributed by atoms with E-state index < -0.39 is 0 Å². The lowest BCUT2D eigenvalue weighted by Crippen LogP contribution is -2.39. The minimum Gasteiger partial charge on any atom is -0.368 e. The number of hydrogen-bond acceptors (Lipinski definition) is 2. The maximum Gasteiger partial charge on any atom is 0.256 e. The summed E-state index contributed by atoms with van der Waals surface area (Å²) in [6.45, 7) is 5.60. The van der Waals surface area contributed by atoms with Gasteiger partial charge in [-0.1, -0.05) is 19.1 Å². The van der Waals surface area contributed by atoms with Gasteiger partial charge in [-0.25, -0.2) is 0 Å². The summed E-state index contributed by atoms with van der Waals surface area (Å²) in [6.07, 6.45) is 2.55. The van der Waals surface area contributed by atoms with Crippen molar-refractivity contribution in [3.05, 3.63) is 29.8 Å². The minimum absolute atomic E-state index is 0.111. The molecule has 98 valence electrons. The maximum atomic E-state index is 12.4. The Morgan fingerprint density at radius 2 is 2.33 bits per heavy atom. The highest BCUT2D eigenvalue weighted by molar-refractivity contribution is 5.96. The molecule has 0 radical (unpaired) electrons. The first-order valence-corrected chi connectivity index (χ1v) is 6.72. The highest BCUT2D eigenvalue weighted by Gasteiger charge is 2.28. The van der Waals surface area contributed by atoms with Crippen molar-refractivity contribution in [3.63, 3.8) is 0 Å². The summed E-state index contributed by atoms with van der Waals surface area (Å²) in [5.41, 5.74) is 2.16. The van der Waals surface area contributed by atoms with Gasteiger partial charge in [-0.2, -0.15) is 0 Å². The second-order valence-corrected chi connectivity index (χ2v) is 4.83. The molecular weight excluding hydrogens is 226 g/mol. The average Bonchev–Trinajstić information content (AvgIpc) is 2.89. The highest BCUT2D eigenvalue weighted by Crippen LogP contribution is 2.21. The average molecular weight is 247 g/mol. The van der Waals surface area contributed by atoms with Crippen molar-refractivity contribution in [2.24, 2.45) is 0 Å². The van der Waals surface area contributed by atoms with Crippen molar-refractivity contribution in [2.45, 2.75) is 39.2 Å². The third kappa shape index (κ3) is 2.91. The number of anilines is 1. The first-order chi connectivity index (χ1) is 8.72. The normalized spacial score (nSPS) is 18.9. The van der Waals surface area contributed by atoms with E-state index in [1.807, 2.05) is 30.0 Å². The zero-order valence-corrected chi connectivity index (χ0v) is 11.2. The second-order valence-electron chi connectivity index (χ2n) is 4.83. The molecule has 1 aromatic carbocycles. The molecular formula is C15H21NO2. The van der Waals surface area contributed by atoms with Gasteiger partial charge in [-0.05, 0) is 43.9 Å². The molecule has 0 saturated carbocycles. The van der Waals surface area contributed by atoms with Gasteiger partial charge >= 0.3 is 0 Å². The number of aryl methyl sites for hydroxylation is 1. The van der Waals surface area contributed by atoms with Crippen LogP contribution in [0.3, 0.4) is 0 Å². The van der Waals surface area contributed by atoms with Gasteiger partial charge in [0.2, 0.25) is 0 Å². The van der Waals surface area contributed by atoms with Crippen LogP contribution in [-0.2, 0) is 9.53 Å². The van der Waals surface area contributed by atoms with Crippen LogP contribution in [0, 0.1) is 6.92 Å². The zero-order valence-electron chi connectivity index (χ0n) is 11.2. The van der Waals surface area contributed by atoms with Crippen LogP contribution in [-0.4, -0.2) is 25.2 Å². The van der Waals surface area contributed by atoms with Gasteiger partial charge in [0.05, 0.1) is 0 Å². The summed E-state index contributed by atoms with van der Waals surface area (Å²) in [7, 11) is 0. The fraction of sp³-hybridized carbons (Fsp3) is 0.533. The lowest BCUT2D eigenvalue weighted by molar-refractivity contribution is -0.127. The molecule has 0 unspecified atom stereocenters. The molecule has 3 heteroatoms. The topological polar surface area (TPSA) is 29.5 Å². The molecule has 0 bridgehead atoms. The van der Waals surface area contributed by atoms with Gasteiger partial charge < -0.3 is 9.64 Å². The van der Waals surface area contributed by atoms with Crippen LogP contribution in [0.4, 0.5) is 5.69 Å². The zero-order chi connectivity index (χ0) is 13.0. The Labute approximate surface area is 109 Å². The van der Waals surface area contributed by atoms with E-state index in [4.69, 9.17) is 4.74 Å². The minimum atomic E-state index is -0.239.